The highest BCUT2D eigenvalue weighted by molar-refractivity contribution is 5.97. The van der Waals surface area contributed by atoms with E-state index in [2.05, 4.69) is 10.5 Å². The van der Waals surface area contributed by atoms with Gasteiger partial charge in [-0.2, -0.15) is 0 Å². The van der Waals surface area contributed by atoms with Gasteiger partial charge in [-0.1, -0.05) is 17.3 Å². The predicted molar refractivity (Wildman–Crippen MR) is 71.7 cm³/mol. The molecule has 100 valence electrons. The molecule has 5 nitrogen and oxygen atoms in total. The lowest BCUT2D eigenvalue weighted by Crippen LogP contribution is -2.17. The van der Waals surface area contributed by atoms with Gasteiger partial charge in [-0.15, -0.1) is 0 Å². The van der Waals surface area contributed by atoms with Crippen molar-refractivity contribution in [3.05, 3.63) is 34.9 Å². The first-order valence-electron chi connectivity index (χ1n) is 6.08. The van der Waals surface area contributed by atoms with E-state index in [-0.39, 0.29) is 12.4 Å². The van der Waals surface area contributed by atoms with Crippen molar-refractivity contribution in [1.82, 2.24) is 5.32 Å². The van der Waals surface area contributed by atoms with Crippen molar-refractivity contribution < 1.29 is 10.3 Å². The number of rotatable bonds is 7. The molecule has 0 radical (unpaired) electrons. The van der Waals surface area contributed by atoms with Gasteiger partial charge in [0.1, 0.15) is 0 Å². The summed E-state index contributed by atoms with van der Waals surface area (Å²) in [6, 6.07) is 5.72. The zero-order valence-corrected chi connectivity index (χ0v) is 10.7. The number of hydrogen-bond donors (Lipinski definition) is 4. The molecule has 0 heterocycles. The minimum atomic E-state index is 0.126. The highest BCUT2D eigenvalue weighted by Gasteiger charge is 2.03. The van der Waals surface area contributed by atoms with Crippen LogP contribution in [0, 0.1) is 6.92 Å². The topological polar surface area (TPSA) is 90.9 Å². The number of nitrogens with zero attached hydrogens (tertiary/aromatic N) is 1. The maximum absolute atomic E-state index is 8.66. The Balaban J connectivity index is 2.52. The first-order chi connectivity index (χ1) is 8.69. The van der Waals surface area contributed by atoms with Crippen LogP contribution in [0.25, 0.3) is 0 Å². The molecule has 0 aliphatic heterocycles. The van der Waals surface area contributed by atoms with Crippen molar-refractivity contribution in [3.8, 4) is 0 Å². The average Bonchev–Trinajstić information content (AvgIpc) is 2.39. The number of aliphatic hydroxyl groups is 1. The van der Waals surface area contributed by atoms with Gasteiger partial charge >= 0.3 is 0 Å². The van der Waals surface area contributed by atoms with Gasteiger partial charge in [0.25, 0.3) is 0 Å². The Morgan fingerprint density at radius 3 is 2.78 bits per heavy atom. The second-order valence-electron chi connectivity index (χ2n) is 4.23. The maximum atomic E-state index is 8.66. The monoisotopic (exact) mass is 251 g/mol. The van der Waals surface area contributed by atoms with Crippen LogP contribution in [0.4, 0.5) is 0 Å². The predicted octanol–water partition coefficient (Wildman–Crippen LogP) is 0.952. The van der Waals surface area contributed by atoms with E-state index >= 15 is 0 Å². The molecule has 0 bridgehead atoms. The van der Waals surface area contributed by atoms with Crippen molar-refractivity contribution >= 4 is 5.84 Å². The molecule has 5 heteroatoms. The number of aryl methyl sites for hydroxylation is 1. The van der Waals surface area contributed by atoms with E-state index in [1.165, 1.54) is 5.56 Å². The lowest BCUT2D eigenvalue weighted by Gasteiger charge is -2.09. The van der Waals surface area contributed by atoms with E-state index in [4.69, 9.17) is 16.0 Å². The molecule has 1 aromatic rings. The normalized spacial score (nSPS) is 11.8. The Hall–Kier alpha value is -1.59. The molecule has 0 aliphatic carbocycles. The fraction of sp³-hybridized carbons (Fsp3) is 0.462. The third kappa shape index (κ3) is 4.35. The lowest BCUT2D eigenvalue weighted by molar-refractivity contribution is 0.283. The number of hydrogen-bond acceptors (Lipinski definition) is 4. The van der Waals surface area contributed by atoms with Gasteiger partial charge in [0.2, 0.25) is 0 Å². The summed E-state index contributed by atoms with van der Waals surface area (Å²) in [5, 5.41) is 23.6. The first-order valence-corrected chi connectivity index (χ1v) is 6.08. The molecule has 0 aliphatic rings. The van der Waals surface area contributed by atoms with E-state index in [1.807, 2.05) is 25.1 Å². The summed E-state index contributed by atoms with van der Waals surface area (Å²) in [7, 11) is 0. The van der Waals surface area contributed by atoms with Crippen LogP contribution in [-0.4, -0.2) is 29.3 Å². The number of aliphatic hydroxyl groups excluding tert-OH is 1. The second kappa shape index (κ2) is 7.68. The molecule has 0 spiro atoms. The third-order valence-corrected chi connectivity index (χ3v) is 2.82. The van der Waals surface area contributed by atoms with Crippen LogP contribution in [0.3, 0.4) is 0 Å². The Morgan fingerprint density at radius 2 is 2.17 bits per heavy atom. The van der Waals surface area contributed by atoms with Crippen molar-refractivity contribution in [3.63, 3.8) is 0 Å². The molecule has 0 unspecified atom stereocenters. The Labute approximate surface area is 107 Å². The zero-order chi connectivity index (χ0) is 13.4. The van der Waals surface area contributed by atoms with Crippen LogP contribution in [0.2, 0.25) is 0 Å². The SMILES string of the molecule is Cc1cc(/C(N)=N/O)ccc1CNCCCCO. The Bertz CT molecular complexity index is 405. The number of nitrogens with two attached hydrogens (primary N) is 1. The minimum Gasteiger partial charge on any atom is -0.409 e. The number of oxime groups is 1. The molecule has 5 N–H and O–H groups in total. The molecule has 0 amide bonds. The summed E-state index contributed by atoms with van der Waals surface area (Å²) in [4.78, 5) is 0. The molecule has 0 aromatic heterocycles. The van der Waals surface area contributed by atoms with E-state index in [0.717, 1.165) is 37.1 Å². The van der Waals surface area contributed by atoms with E-state index in [0.29, 0.717) is 0 Å². The first kappa shape index (κ1) is 14.5. The summed E-state index contributed by atoms with van der Waals surface area (Å²) in [6.45, 7) is 3.92. The molecule has 18 heavy (non-hydrogen) atoms. The summed E-state index contributed by atoms with van der Waals surface area (Å²) in [6.07, 6.45) is 1.80. The van der Waals surface area contributed by atoms with Crippen LogP contribution in [0.5, 0.6) is 0 Å². The summed E-state index contributed by atoms with van der Waals surface area (Å²) >= 11 is 0. The van der Waals surface area contributed by atoms with E-state index < -0.39 is 0 Å². The number of amidine groups is 1. The zero-order valence-electron chi connectivity index (χ0n) is 10.7. The summed E-state index contributed by atoms with van der Waals surface area (Å²) in [5.41, 5.74) is 8.54. The highest BCUT2D eigenvalue weighted by Crippen LogP contribution is 2.11. The van der Waals surface area contributed by atoms with Gasteiger partial charge in [0, 0.05) is 18.7 Å². The molecular weight excluding hydrogens is 230 g/mol. The third-order valence-electron chi connectivity index (χ3n) is 2.82. The van der Waals surface area contributed by atoms with E-state index in [9.17, 15) is 0 Å². The smallest absolute Gasteiger partial charge is 0.170 e. The number of unbranched alkanes of at least 4 members (excludes halogenated alkanes) is 1. The molecule has 0 saturated carbocycles. The molecule has 0 saturated heterocycles. The number of benzene rings is 1. The van der Waals surface area contributed by atoms with Crippen LogP contribution in [0.15, 0.2) is 23.4 Å². The average molecular weight is 251 g/mol. The van der Waals surface area contributed by atoms with Gasteiger partial charge in [-0.25, -0.2) is 0 Å². The minimum absolute atomic E-state index is 0.126. The Morgan fingerprint density at radius 1 is 1.39 bits per heavy atom. The largest absolute Gasteiger partial charge is 0.409 e. The van der Waals surface area contributed by atoms with Crippen molar-refractivity contribution in [1.29, 1.82) is 0 Å². The standard InChI is InChI=1S/C13H21N3O2/c1-10-8-11(13(14)16-18)4-5-12(10)9-15-6-2-3-7-17/h4-5,8,15,17-18H,2-3,6-7,9H2,1H3,(H2,14,16). The molecular formula is C13H21N3O2. The van der Waals surface area contributed by atoms with Gasteiger partial charge in [0.05, 0.1) is 0 Å². The fourth-order valence-electron chi connectivity index (χ4n) is 1.70. The molecule has 1 aromatic carbocycles. The van der Waals surface area contributed by atoms with Gasteiger partial charge in [0.15, 0.2) is 5.84 Å². The second-order valence-corrected chi connectivity index (χ2v) is 4.23. The van der Waals surface area contributed by atoms with Crippen molar-refractivity contribution in [2.45, 2.75) is 26.3 Å². The molecule has 0 atom stereocenters. The van der Waals surface area contributed by atoms with Gasteiger partial charge < -0.3 is 21.4 Å². The fourth-order valence-corrected chi connectivity index (χ4v) is 1.70. The lowest BCUT2D eigenvalue weighted by atomic mass is 10.0. The molecule has 1 rings (SSSR count). The number of nitrogens with one attached hydrogen (secondary N) is 1. The molecule has 0 fully saturated rings. The van der Waals surface area contributed by atoms with Crippen LogP contribution < -0.4 is 11.1 Å². The summed E-state index contributed by atoms with van der Waals surface area (Å²) in [5.74, 6) is 0.126. The van der Waals surface area contributed by atoms with Crippen molar-refractivity contribution in [2.24, 2.45) is 10.9 Å². The summed E-state index contributed by atoms with van der Waals surface area (Å²) < 4.78 is 0. The van der Waals surface area contributed by atoms with Crippen LogP contribution >= 0.6 is 0 Å². The highest BCUT2D eigenvalue weighted by atomic mass is 16.4. The van der Waals surface area contributed by atoms with Crippen molar-refractivity contribution in [2.75, 3.05) is 13.2 Å². The van der Waals surface area contributed by atoms with Crippen LogP contribution in [0.1, 0.15) is 29.5 Å². The van der Waals surface area contributed by atoms with Gasteiger partial charge in [-0.05, 0) is 43.5 Å². The van der Waals surface area contributed by atoms with Crippen LogP contribution in [-0.2, 0) is 6.54 Å². The Kier molecular flexibility index (Phi) is 6.18. The van der Waals surface area contributed by atoms with E-state index in [1.54, 1.807) is 0 Å². The van der Waals surface area contributed by atoms with Gasteiger partial charge in [-0.3, -0.25) is 0 Å². The quantitative estimate of drug-likeness (QED) is 0.191. The maximum Gasteiger partial charge on any atom is 0.170 e.